The maximum absolute atomic E-state index is 13.3. The number of nitrogens with zero attached hydrogens (tertiary/aromatic N) is 1. The quantitative estimate of drug-likeness (QED) is 0.211. The summed E-state index contributed by atoms with van der Waals surface area (Å²) in [6, 6.07) is 10.0. The number of likely N-dealkylation sites (tertiary alicyclic amines) is 1. The third-order valence-corrected chi connectivity index (χ3v) is 5.02. The Kier molecular flexibility index (Phi) is 7.34. The fourth-order valence-electron chi connectivity index (χ4n) is 3.47. The van der Waals surface area contributed by atoms with Gasteiger partial charge in [-0.2, -0.15) is 0 Å². The highest BCUT2D eigenvalue weighted by atomic mass is 19.1. The van der Waals surface area contributed by atoms with Crippen LogP contribution in [-0.4, -0.2) is 66.2 Å². The molecule has 1 atom stereocenters. The molecule has 1 unspecified atom stereocenters. The van der Waals surface area contributed by atoms with Crippen molar-refractivity contribution in [2.75, 3.05) is 33.5 Å². The molecule has 2 N–H and O–H groups in total. The van der Waals surface area contributed by atoms with E-state index in [2.05, 4.69) is 4.74 Å². The standard InChI is InChI=1S/C23H22FNO7/c1-31-23(30)16-4-2-14(3-5-16)19-18(20(27)15-6-8-17(24)9-7-15)21(28)22(29)25(19)10-12-32-13-11-26/h2-9,19,26-27H,10-13H2,1H3. The Bertz CT molecular complexity index is 1030. The summed E-state index contributed by atoms with van der Waals surface area (Å²) in [5, 5.41) is 19.7. The molecule has 0 spiro atoms. The number of aliphatic hydroxyl groups is 2. The summed E-state index contributed by atoms with van der Waals surface area (Å²) < 4.78 is 23.2. The number of ether oxygens (including phenoxy) is 2. The van der Waals surface area contributed by atoms with Gasteiger partial charge < -0.3 is 24.6 Å². The van der Waals surface area contributed by atoms with Crippen LogP contribution in [0.4, 0.5) is 4.39 Å². The molecule has 1 fully saturated rings. The number of esters is 1. The van der Waals surface area contributed by atoms with Crippen molar-refractivity contribution in [3.05, 3.63) is 76.6 Å². The molecule has 2 aromatic carbocycles. The summed E-state index contributed by atoms with van der Waals surface area (Å²) in [5.41, 5.74) is 0.771. The van der Waals surface area contributed by atoms with Gasteiger partial charge in [0.05, 0.1) is 44.1 Å². The largest absolute Gasteiger partial charge is 0.507 e. The number of halogens is 1. The van der Waals surface area contributed by atoms with Crippen molar-refractivity contribution in [3.8, 4) is 0 Å². The van der Waals surface area contributed by atoms with E-state index in [0.717, 1.165) is 12.1 Å². The number of methoxy groups -OCH3 is 1. The van der Waals surface area contributed by atoms with Crippen LogP contribution in [0.3, 0.4) is 0 Å². The number of aliphatic hydroxyl groups excluding tert-OH is 2. The normalized spacial score (nSPS) is 17.6. The summed E-state index contributed by atoms with van der Waals surface area (Å²) >= 11 is 0. The Morgan fingerprint density at radius 2 is 1.66 bits per heavy atom. The molecular weight excluding hydrogens is 421 g/mol. The van der Waals surface area contributed by atoms with E-state index in [1.807, 2.05) is 0 Å². The van der Waals surface area contributed by atoms with Gasteiger partial charge in [-0.1, -0.05) is 12.1 Å². The number of Topliss-reactive ketones (excluding diaryl/α,β-unsaturated/α-hetero) is 1. The first-order valence-electron chi connectivity index (χ1n) is 9.80. The van der Waals surface area contributed by atoms with Crippen LogP contribution < -0.4 is 0 Å². The van der Waals surface area contributed by atoms with Gasteiger partial charge in [0.25, 0.3) is 11.7 Å². The van der Waals surface area contributed by atoms with Gasteiger partial charge in [-0.05, 0) is 42.0 Å². The molecule has 1 aliphatic rings. The molecule has 8 nitrogen and oxygen atoms in total. The Hall–Kier alpha value is -3.56. The third kappa shape index (κ3) is 4.68. The number of rotatable bonds is 8. The monoisotopic (exact) mass is 443 g/mol. The van der Waals surface area contributed by atoms with Crippen LogP contribution in [0, 0.1) is 5.82 Å². The lowest BCUT2D eigenvalue weighted by molar-refractivity contribution is -0.140. The molecule has 1 amide bonds. The lowest BCUT2D eigenvalue weighted by Crippen LogP contribution is -2.33. The van der Waals surface area contributed by atoms with E-state index in [1.54, 1.807) is 12.1 Å². The van der Waals surface area contributed by atoms with Crippen molar-refractivity contribution >= 4 is 23.4 Å². The number of benzene rings is 2. The van der Waals surface area contributed by atoms with Gasteiger partial charge in [-0.3, -0.25) is 9.59 Å². The lowest BCUT2D eigenvalue weighted by atomic mass is 9.94. The van der Waals surface area contributed by atoms with E-state index in [-0.39, 0.29) is 43.1 Å². The van der Waals surface area contributed by atoms with Gasteiger partial charge in [0.2, 0.25) is 0 Å². The molecule has 168 valence electrons. The van der Waals surface area contributed by atoms with Gasteiger partial charge in [-0.15, -0.1) is 0 Å². The number of carbonyl (C=O) groups excluding carboxylic acids is 3. The first-order chi connectivity index (χ1) is 15.4. The Balaban J connectivity index is 2.06. The van der Waals surface area contributed by atoms with Crippen molar-refractivity contribution < 1.29 is 38.5 Å². The zero-order chi connectivity index (χ0) is 23.3. The molecule has 32 heavy (non-hydrogen) atoms. The average Bonchev–Trinajstić information content (AvgIpc) is 3.06. The zero-order valence-corrected chi connectivity index (χ0v) is 17.3. The van der Waals surface area contributed by atoms with Crippen LogP contribution in [-0.2, 0) is 19.1 Å². The second-order valence-corrected chi connectivity index (χ2v) is 6.95. The second kappa shape index (κ2) is 10.2. The van der Waals surface area contributed by atoms with Crippen LogP contribution in [0.25, 0.3) is 5.76 Å². The Morgan fingerprint density at radius 1 is 1.03 bits per heavy atom. The number of hydrogen-bond acceptors (Lipinski definition) is 7. The van der Waals surface area contributed by atoms with Crippen molar-refractivity contribution in [3.63, 3.8) is 0 Å². The fraction of sp³-hybridized carbons (Fsp3) is 0.261. The molecule has 1 heterocycles. The third-order valence-electron chi connectivity index (χ3n) is 5.02. The molecule has 9 heteroatoms. The topological polar surface area (TPSA) is 113 Å². The first-order valence-corrected chi connectivity index (χ1v) is 9.80. The van der Waals surface area contributed by atoms with Crippen molar-refractivity contribution in [2.45, 2.75) is 6.04 Å². The van der Waals surface area contributed by atoms with E-state index in [9.17, 15) is 23.9 Å². The van der Waals surface area contributed by atoms with Crippen LogP contribution in [0.15, 0.2) is 54.1 Å². The first kappa shape index (κ1) is 23.1. The van der Waals surface area contributed by atoms with Crippen LogP contribution in [0.5, 0.6) is 0 Å². The SMILES string of the molecule is COC(=O)c1ccc(C2C(=C(O)c3ccc(F)cc3)C(=O)C(=O)N2CCOCCO)cc1. The summed E-state index contributed by atoms with van der Waals surface area (Å²) in [6.45, 7) is -0.0467. The van der Waals surface area contributed by atoms with Gasteiger partial charge in [0.15, 0.2) is 0 Å². The minimum atomic E-state index is -0.954. The van der Waals surface area contributed by atoms with Gasteiger partial charge in [-0.25, -0.2) is 9.18 Å². The number of carbonyl (C=O) groups is 3. The van der Waals surface area contributed by atoms with E-state index in [1.165, 1.54) is 36.3 Å². The number of hydrogen-bond donors (Lipinski definition) is 2. The van der Waals surface area contributed by atoms with E-state index >= 15 is 0 Å². The highest BCUT2D eigenvalue weighted by Gasteiger charge is 2.45. The van der Waals surface area contributed by atoms with E-state index < -0.39 is 35.3 Å². The smallest absolute Gasteiger partial charge is 0.337 e. The zero-order valence-electron chi connectivity index (χ0n) is 17.3. The minimum absolute atomic E-state index is 0.0220. The van der Waals surface area contributed by atoms with Crippen molar-refractivity contribution in [1.29, 1.82) is 0 Å². The van der Waals surface area contributed by atoms with Crippen LogP contribution >= 0.6 is 0 Å². The summed E-state index contributed by atoms with van der Waals surface area (Å²) in [4.78, 5) is 38.6. The van der Waals surface area contributed by atoms with Crippen molar-refractivity contribution in [1.82, 2.24) is 4.90 Å². The van der Waals surface area contributed by atoms with Crippen molar-refractivity contribution in [2.24, 2.45) is 0 Å². The fourth-order valence-corrected chi connectivity index (χ4v) is 3.47. The second-order valence-electron chi connectivity index (χ2n) is 6.95. The highest BCUT2D eigenvalue weighted by molar-refractivity contribution is 6.46. The average molecular weight is 443 g/mol. The summed E-state index contributed by atoms with van der Waals surface area (Å²) in [6.07, 6.45) is 0. The lowest BCUT2D eigenvalue weighted by Gasteiger charge is -2.25. The van der Waals surface area contributed by atoms with E-state index in [0.29, 0.717) is 5.56 Å². The molecule has 2 aromatic rings. The Labute approximate surface area is 183 Å². The maximum Gasteiger partial charge on any atom is 0.337 e. The highest BCUT2D eigenvalue weighted by Crippen LogP contribution is 2.39. The Morgan fingerprint density at radius 3 is 2.25 bits per heavy atom. The van der Waals surface area contributed by atoms with Gasteiger partial charge in [0, 0.05) is 12.1 Å². The molecule has 0 aromatic heterocycles. The molecule has 1 saturated heterocycles. The minimum Gasteiger partial charge on any atom is -0.507 e. The van der Waals surface area contributed by atoms with Crippen LogP contribution in [0.2, 0.25) is 0 Å². The van der Waals surface area contributed by atoms with Gasteiger partial charge in [0.1, 0.15) is 11.6 Å². The molecule has 0 radical (unpaired) electrons. The molecule has 1 aliphatic heterocycles. The molecule has 3 rings (SSSR count). The number of amides is 1. The van der Waals surface area contributed by atoms with E-state index in [4.69, 9.17) is 9.84 Å². The molecule has 0 bridgehead atoms. The van der Waals surface area contributed by atoms with Gasteiger partial charge >= 0.3 is 5.97 Å². The summed E-state index contributed by atoms with van der Waals surface area (Å²) in [7, 11) is 1.25. The predicted molar refractivity (Wildman–Crippen MR) is 111 cm³/mol. The summed E-state index contributed by atoms with van der Waals surface area (Å²) in [5.74, 6) is -3.23. The van der Waals surface area contributed by atoms with Crippen LogP contribution in [0.1, 0.15) is 27.5 Å². The maximum atomic E-state index is 13.3. The number of ketones is 1. The molecular formula is C23H22FNO7. The predicted octanol–water partition coefficient (Wildman–Crippen LogP) is 2.04. The molecule has 0 aliphatic carbocycles. The molecule has 0 saturated carbocycles.